The molecule has 14 heavy (non-hydrogen) atoms. The van der Waals surface area contributed by atoms with Gasteiger partial charge in [0.15, 0.2) is 0 Å². The lowest BCUT2D eigenvalue weighted by Crippen LogP contribution is -2.01. The van der Waals surface area contributed by atoms with E-state index in [0.29, 0.717) is 11.4 Å². The Hall–Kier alpha value is -1.97. The standard InChI is InChI=1S/C10H12N4/c1-7-5-8(6-9(11)10(7)12)14-4-2-3-13-14/h2-6H,11-12H2,1H3. The van der Waals surface area contributed by atoms with Gasteiger partial charge in [0.1, 0.15) is 0 Å². The lowest BCUT2D eigenvalue weighted by Gasteiger charge is -2.08. The molecule has 0 unspecified atom stereocenters. The molecule has 0 spiro atoms. The molecule has 72 valence electrons. The molecule has 4 heteroatoms. The number of nitrogens with zero attached hydrogens (tertiary/aromatic N) is 2. The van der Waals surface area contributed by atoms with Crippen LogP contribution in [-0.2, 0) is 0 Å². The Labute approximate surface area is 82.1 Å². The van der Waals surface area contributed by atoms with Gasteiger partial charge in [0.25, 0.3) is 0 Å². The summed E-state index contributed by atoms with van der Waals surface area (Å²) >= 11 is 0. The predicted octanol–water partition coefficient (Wildman–Crippen LogP) is 1.35. The molecule has 0 fully saturated rings. The number of anilines is 2. The summed E-state index contributed by atoms with van der Waals surface area (Å²) in [5, 5.41) is 4.12. The van der Waals surface area contributed by atoms with Gasteiger partial charge in [0.2, 0.25) is 0 Å². The second-order valence-electron chi connectivity index (χ2n) is 3.22. The molecule has 0 amide bonds. The zero-order chi connectivity index (χ0) is 10.1. The minimum absolute atomic E-state index is 0.593. The van der Waals surface area contributed by atoms with E-state index < -0.39 is 0 Å². The van der Waals surface area contributed by atoms with E-state index in [4.69, 9.17) is 11.5 Å². The highest BCUT2D eigenvalue weighted by atomic mass is 15.3. The summed E-state index contributed by atoms with van der Waals surface area (Å²) in [4.78, 5) is 0. The molecule has 0 atom stereocenters. The molecule has 0 aliphatic heterocycles. The van der Waals surface area contributed by atoms with Crippen molar-refractivity contribution < 1.29 is 0 Å². The fourth-order valence-electron chi connectivity index (χ4n) is 1.36. The van der Waals surface area contributed by atoms with Crippen LogP contribution in [0.25, 0.3) is 5.69 Å². The Balaban J connectivity index is 2.57. The van der Waals surface area contributed by atoms with Gasteiger partial charge in [-0.1, -0.05) is 0 Å². The first kappa shape index (κ1) is 8.62. The molecule has 1 heterocycles. The quantitative estimate of drug-likeness (QED) is 0.663. The molecule has 0 radical (unpaired) electrons. The fraction of sp³-hybridized carbons (Fsp3) is 0.100. The Morgan fingerprint density at radius 3 is 2.64 bits per heavy atom. The Morgan fingerprint density at radius 2 is 2.07 bits per heavy atom. The van der Waals surface area contributed by atoms with Gasteiger partial charge < -0.3 is 11.5 Å². The van der Waals surface area contributed by atoms with Gasteiger partial charge in [0.05, 0.1) is 17.1 Å². The molecular weight excluding hydrogens is 176 g/mol. The van der Waals surface area contributed by atoms with Gasteiger partial charge in [-0.25, -0.2) is 4.68 Å². The Bertz CT molecular complexity index is 422. The number of hydrogen-bond acceptors (Lipinski definition) is 3. The number of hydrogen-bond donors (Lipinski definition) is 2. The largest absolute Gasteiger partial charge is 0.397 e. The Morgan fingerprint density at radius 1 is 1.29 bits per heavy atom. The van der Waals surface area contributed by atoms with E-state index >= 15 is 0 Å². The lowest BCUT2D eigenvalue weighted by atomic mass is 10.1. The smallest absolute Gasteiger partial charge is 0.0670 e. The van der Waals surface area contributed by atoms with Crippen LogP contribution in [0.5, 0.6) is 0 Å². The summed E-state index contributed by atoms with van der Waals surface area (Å²) < 4.78 is 1.75. The molecule has 4 N–H and O–H groups in total. The zero-order valence-electron chi connectivity index (χ0n) is 7.94. The number of rotatable bonds is 1. The first-order chi connectivity index (χ1) is 6.68. The van der Waals surface area contributed by atoms with Crippen LogP contribution in [0.1, 0.15) is 5.56 Å². The molecule has 0 aliphatic carbocycles. The Kier molecular flexibility index (Phi) is 1.89. The highest BCUT2D eigenvalue weighted by Crippen LogP contribution is 2.23. The number of aromatic nitrogens is 2. The normalized spacial score (nSPS) is 10.4. The first-order valence-corrected chi connectivity index (χ1v) is 4.34. The van der Waals surface area contributed by atoms with Gasteiger partial charge >= 0.3 is 0 Å². The summed E-state index contributed by atoms with van der Waals surface area (Å²) in [6.45, 7) is 1.93. The molecule has 2 rings (SSSR count). The van der Waals surface area contributed by atoms with Gasteiger partial charge in [-0.3, -0.25) is 0 Å². The maximum atomic E-state index is 5.76. The summed E-state index contributed by atoms with van der Waals surface area (Å²) in [5.41, 5.74) is 14.6. The van der Waals surface area contributed by atoms with Crippen molar-refractivity contribution in [3.05, 3.63) is 36.2 Å². The summed E-state index contributed by atoms with van der Waals surface area (Å²) in [6, 6.07) is 5.63. The second-order valence-corrected chi connectivity index (χ2v) is 3.22. The third-order valence-corrected chi connectivity index (χ3v) is 2.17. The number of aryl methyl sites for hydroxylation is 1. The van der Waals surface area contributed by atoms with Crippen LogP contribution in [0, 0.1) is 6.92 Å². The van der Waals surface area contributed by atoms with Crippen molar-refractivity contribution in [2.45, 2.75) is 6.92 Å². The van der Waals surface area contributed by atoms with Crippen molar-refractivity contribution in [3.63, 3.8) is 0 Å². The van der Waals surface area contributed by atoms with E-state index in [1.807, 2.05) is 31.3 Å². The molecule has 4 nitrogen and oxygen atoms in total. The highest BCUT2D eigenvalue weighted by molar-refractivity contribution is 5.70. The van der Waals surface area contributed by atoms with Crippen molar-refractivity contribution in [2.24, 2.45) is 0 Å². The molecule has 0 aliphatic rings. The summed E-state index contributed by atoms with van der Waals surface area (Å²) in [5.74, 6) is 0. The van der Waals surface area contributed by atoms with Crippen LogP contribution in [-0.4, -0.2) is 9.78 Å². The van der Waals surface area contributed by atoms with E-state index in [2.05, 4.69) is 5.10 Å². The SMILES string of the molecule is Cc1cc(-n2cccn2)cc(N)c1N. The second kappa shape index (κ2) is 3.06. The summed E-state index contributed by atoms with van der Waals surface area (Å²) in [7, 11) is 0. The number of nitrogens with two attached hydrogens (primary N) is 2. The molecule has 0 bridgehead atoms. The van der Waals surface area contributed by atoms with Crippen molar-refractivity contribution >= 4 is 11.4 Å². The van der Waals surface area contributed by atoms with Gasteiger partial charge in [-0.2, -0.15) is 5.10 Å². The van der Waals surface area contributed by atoms with Crippen LogP contribution in [0.3, 0.4) is 0 Å². The van der Waals surface area contributed by atoms with E-state index in [1.165, 1.54) is 0 Å². The van der Waals surface area contributed by atoms with Gasteiger partial charge in [0, 0.05) is 12.4 Å². The van der Waals surface area contributed by atoms with Crippen LogP contribution in [0.2, 0.25) is 0 Å². The van der Waals surface area contributed by atoms with Gasteiger partial charge in [-0.15, -0.1) is 0 Å². The third kappa shape index (κ3) is 1.31. The minimum Gasteiger partial charge on any atom is -0.397 e. The number of benzene rings is 1. The van der Waals surface area contributed by atoms with Crippen LogP contribution in [0.15, 0.2) is 30.6 Å². The highest BCUT2D eigenvalue weighted by Gasteiger charge is 2.03. The van der Waals surface area contributed by atoms with Crippen LogP contribution in [0.4, 0.5) is 11.4 Å². The van der Waals surface area contributed by atoms with Crippen LogP contribution < -0.4 is 11.5 Å². The molecule has 1 aromatic heterocycles. The average molecular weight is 188 g/mol. The molecular formula is C10H12N4. The number of nitrogen functional groups attached to an aromatic ring is 2. The van der Waals surface area contributed by atoms with Crippen molar-refractivity contribution in [1.29, 1.82) is 0 Å². The topological polar surface area (TPSA) is 69.9 Å². The third-order valence-electron chi connectivity index (χ3n) is 2.17. The molecule has 0 saturated heterocycles. The first-order valence-electron chi connectivity index (χ1n) is 4.34. The monoisotopic (exact) mass is 188 g/mol. The summed E-state index contributed by atoms with van der Waals surface area (Å²) in [6.07, 6.45) is 3.59. The minimum atomic E-state index is 0.593. The van der Waals surface area contributed by atoms with Crippen molar-refractivity contribution in [1.82, 2.24) is 9.78 Å². The molecule has 2 aromatic rings. The van der Waals surface area contributed by atoms with Crippen molar-refractivity contribution in [2.75, 3.05) is 11.5 Å². The zero-order valence-corrected chi connectivity index (χ0v) is 7.94. The molecule has 0 saturated carbocycles. The van der Waals surface area contributed by atoms with E-state index in [-0.39, 0.29) is 0 Å². The maximum absolute atomic E-state index is 5.76. The lowest BCUT2D eigenvalue weighted by molar-refractivity contribution is 0.880. The van der Waals surface area contributed by atoms with Gasteiger partial charge in [-0.05, 0) is 30.7 Å². The molecule has 1 aromatic carbocycles. The van der Waals surface area contributed by atoms with Crippen molar-refractivity contribution in [3.8, 4) is 5.69 Å². The van der Waals surface area contributed by atoms with Crippen LogP contribution >= 0.6 is 0 Å². The maximum Gasteiger partial charge on any atom is 0.0670 e. The van der Waals surface area contributed by atoms with E-state index in [0.717, 1.165) is 11.3 Å². The fourth-order valence-corrected chi connectivity index (χ4v) is 1.36. The van der Waals surface area contributed by atoms with E-state index in [9.17, 15) is 0 Å². The van der Waals surface area contributed by atoms with E-state index in [1.54, 1.807) is 10.9 Å². The predicted molar refractivity (Wildman–Crippen MR) is 57.1 cm³/mol. The average Bonchev–Trinajstić information content (AvgIpc) is 2.66.